The number of piperidine rings is 1. The molecule has 1 aliphatic rings. The van der Waals surface area contributed by atoms with E-state index in [1.165, 1.54) is 0 Å². The van der Waals surface area contributed by atoms with Crippen LogP contribution < -0.4 is 0 Å². The van der Waals surface area contributed by atoms with Gasteiger partial charge in [0, 0.05) is 18.3 Å². The molecule has 0 bridgehead atoms. The normalized spacial score (nSPS) is 17.1. The molecule has 0 aromatic heterocycles. The first-order valence-corrected chi connectivity index (χ1v) is 7.11. The minimum Gasteiger partial charge on any atom is -0.507 e. The van der Waals surface area contributed by atoms with Gasteiger partial charge in [-0.3, -0.25) is 4.79 Å². The van der Waals surface area contributed by atoms with Crippen molar-refractivity contribution in [2.24, 2.45) is 0 Å². The fourth-order valence-corrected chi connectivity index (χ4v) is 2.80. The number of para-hydroxylation sites is 1. The highest BCUT2D eigenvalue weighted by molar-refractivity contribution is 7.99. The topological polar surface area (TPSA) is 40.5 Å². The highest BCUT2D eigenvalue weighted by Crippen LogP contribution is 2.24. The van der Waals surface area contributed by atoms with Crippen LogP contribution in [0, 0.1) is 0 Å². The van der Waals surface area contributed by atoms with Gasteiger partial charge < -0.3 is 10.0 Å². The van der Waals surface area contributed by atoms with E-state index >= 15 is 0 Å². The van der Waals surface area contributed by atoms with E-state index in [4.69, 9.17) is 0 Å². The van der Waals surface area contributed by atoms with Gasteiger partial charge in [-0.25, -0.2) is 0 Å². The van der Waals surface area contributed by atoms with Gasteiger partial charge in [0.25, 0.3) is 5.91 Å². The number of amides is 1. The second kappa shape index (κ2) is 5.45. The Morgan fingerprint density at radius 1 is 1.35 bits per heavy atom. The first-order chi connectivity index (χ1) is 8.22. The Hall–Kier alpha value is -1.16. The zero-order chi connectivity index (χ0) is 12.3. The molecule has 0 atom stereocenters. The van der Waals surface area contributed by atoms with Crippen molar-refractivity contribution in [3.8, 4) is 5.75 Å². The third kappa shape index (κ3) is 2.75. The minimum absolute atomic E-state index is 0.0531. The molecule has 0 unspecified atom stereocenters. The largest absolute Gasteiger partial charge is 0.507 e. The van der Waals surface area contributed by atoms with Gasteiger partial charge in [-0.15, -0.1) is 0 Å². The van der Waals surface area contributed by atoms with Crippen LogP contribution in [0.25, 0.3) is 0 Å². The van der Waals surface area contributed by atoms with Crippen molar-refractivity contribution < 1.29 is 9.90 Å². The summed E-state index contributed by atoms with van der Waals surface area (Å²) < 4.78 is 0. The van der Waals surface area contributed by atoms with Crippen LogP contribution in [0.15, 0.2) is 24.3 Å². The summed E-state index contributed by atoms with van der Waals surface area (Å²) in [6.45, 7) is 1.58. The molecular weight excluding hydrogens is 234 g/mol. The minimum atomic E-state index is -0.0531. The molecule has 1 heterocycles. The third-order valence-corrected chi connectivity index (χ3v) is 4.34. The van der Waals surface area contributed by atoms with Gasteiger partial charge in [0.15, 0.2) is 0 Å². The van der Waals surface area contributed by atoms with E-state index in [1.807, 2.05) is 16.7 Å². The lowest BCUT2D eigenvalue weighted by Gasteiger charge is -2.31. The lowest BCUT2D eigenvalue weighted by molar-refractivity contribution is 0.0724. The van der Waals surface area contributed by atoms with Crippen LogP contribution in [-0.4, -0.2) is 40.5 Å². The summed E-state index contributed by atoms with van der Waals surface area (Å²) in [5.41, 5.74) is 0.412. The second-order valence-corrected chi connectivity index (χ2v) is 5.38. The standard InChI is InChI=1S/C13H17NO2S/c1-17-10-6-8-14(9-7-10)13(16)11-4-2-3-5-12(11)15/h2-5,10,15H,6-9H2,1H3. The lowest BCUT2D eigenvalue weighted by atomic mass is 10.1. The number of nitrogens with zero attached hydrogens (tertiary/aromatic N) is 1. The molecule has 0 saturated carbocycles. The Morgan fingerprint density at radius 2 is 2.00 bits per heavy atom. The molecule has 0 aliphatic carbocycles. The first kappa shape index (κ1) is 12.3. The van der Waals surface area contributed by atoms with Crippen molar-refractivity contribution in [1.29, 1.82) is 0 Å². The Bertz CT molecular complexity index is 400. The van der Waals surface area contributed by atoms with Gasteiger partial charge in [-0.2, -0.15) is 11.8 Å². The summed E-state index contributed by atoms with van der Waals surface area (Å²) in [5, 5.41) is 10.3. The number of phenolic OH excluding ortho intramolecular Hbond substituents is 1. The summed E-state index contributed by atoms with van der Waals surface area (Å²) >= 11 is 1.87. The fraction of sp³-hybridized carbons (Fsp3) is 0.462. The van der Waals surface area contributed by atoms with E-state index in [1.54, 1.807) is 24.3 Å². The zero-order valence-electron chi connectivity index (χ0n) is 9.93. The van der Waals surface area contributed by atoms with Crippen molar-refractivity contribution in [1.82, 2.24) is 4.90 Å². The molecule has 0 spiro atoms. The van der Waals surface area contributed by atoms with Crippen LogP contribution in [0.2, 0.25) is 0 Å². The number of carbonyl (C=O) groups is 1. The average Bonchev–Trinajstić information content (AvgIpc) is 2.39. The number of thioether (sulfide) groups is 1. The SMILES string of the molecule is CSC1CCN(C(=O)c2ccccc2O)CC1. The number of phenols is 1. The molecule has 0 radical (unpaired) electrons. The second-order valence-electron chi connectivity index (χ2n) is 4.24. The number of benzene rings is 1. The van der Waals surface area contributed by atoms with E-state index in [0.717, 1.165) is 25.9 Å². The van der Waals surface area contributed by atoms with Crippen molar-refractivity contribution in [3.05, 3.63) is 29.8 Å². The van der Waals surface area contributed by atoms with E-state index in [0.29, 0.717) is 10.8 Å². The third-order valence-electron chi connectivity index (χ3n) is 3.20. The average molecular weight is 251 g/mol. The zero-order valence-corrected chi connectivity index (χ0v) is 10.7. The lowest BCUT2D eigenvalue weighted by Crippen LogP contribution is -2.39. The quantitative estimate of drug-likeness (QED) is 0.877. The molecular formula is C13H17NO2S. The smallest absolute Gasteiger partial charge is 0.257 e. The van der Waals surface area contributed by atoms with Crippen molar-refractivity contribution in [3.63, 3.8) is 0 Å². The number of carbonyl (C=O) groups excluding carboxylic acids is 1. The summed E-state index contributed by atoms with van der Waals surface area (Å²) in [4.78, 5) is 14.0. The molecule has 1 aromatic rings. The maximum atomic E-state index is 12.2. The van der Waals surface area contributed by atoms with Crippen molar-refractivity contribution >= 4 is 17.7 Å². The molecule has 2 rings (SSSR count). The van der Waals surface area contributed by atoms with Crippen molar-refractivity contribution in [2.75, 3.05) is 19.3 Å². The Labute approximate surface area is 106 Å². The van der Waals surface area contributed by atoms with E-state index < -0.39 is 0 Å². The molecule has 3 nitrogen and oxygen atoms in total. The predicted octanol–water partition coefficient (Wildman–Crippen LogP) is 2.36. The van der Waals surface area contributed by atoms with E-state index in [9.17, 15) is 9.90 Å². The summed E-state index contributed by atoms with van der Waals surface area (Å²) in [5.74, 6) is 0.0205. The number of rotatable bonds is 2. The fourth-order valence-electron chi connectivity index (χ4n) is 2.12. The Morgan fingerprint density at radius 3 is 2.59 bits per heavy atom. The summed E-state index contributed by atoms with van der Waals surface area (Å²) in [6, 6.07) is 6.74. The van der Waals surface area contributed by atoms with Gasteiger partial charge in [-0.05, 0) is 31.2 Å². The van der Waals surface area contributed by atoms with Gasteiger partial charge in [0.05, 0.1) is 5.56 Å². The molecule has 1 saturated heterocycles. The molecule has 4 heteroatoms. The Kier molecular flexibility index (Phi) is 3.94. The molecule has 1 N–H and O–H groups in total. The van der Waals surface area contributed by atoms with Crippen LogP contribution in [0.1, 0.15) is 23.2 Å². The van der Waals surface area contributed by atoms with Crippen LogP contribution in [-0.2, 0) is 0 Å². The van der Waals surface area contributed by atoms with Crippen LogP contribution in [0.4, 0.5) is 0 Å². The van der Waals surface area contributed by atoms with E-state index in [2.05, 4.69) is 6.26 Å². The maximum Gasteiger partial charge on any atom is 0.257 e. The van der Waals surface area contributed by atoms with Gasteiger partial charge in [-0.1, -0.05) is 12.1 Å². The maximum absolute atomic E-state index is 12.2. The molecule has 17 heavy (non-hydrogen) atoms. The molecule has 1 fully saturated rings. The van der Waals surface area contributed by atoms with Crippen LogP contribution in [0.5, 0.6) is 5.75 Å². The van der Waals surface area contributed by atoms with Gasteiger partial charge >= 0.3 is 0 Å². The number of hydrogen-bond donors (Lipinski definition) is 1. The highest BCUT2D eigenvalue weighted by Gasteiger charge is 2.24. The van der Waals surface area contributed by atoms with Crippen LogP contribution >= 0.6 is 11.8 Å². The van der Waals surface area contributed by atoms with Gasteiger partial charge in [0.1, 0.15) is 5.75 Å². The number of hydrogen-bond acceptors (Lipinski definition) is 3. The number of likely N-dealkylation sites (tertiary alicyclic amines) is 1. The van der Waals surface area contributed by atoms with Crippen molar-refractivity contribution in [2.45, 2.75) is 18.1 Å². The summed E-state index contributed by atoms with van der Waals surface area (Å²) in [7, 11) is 0. The molecule has 92 valence electrons. The highest BCUT2D eigenvalue weighted by atomic mass is 32.2. The number of aromatic hydroxyl groups is 1. The van der Waals surface area contributed by atoms with E-state index in [-0.39, 0.29) is 11.7 Å². The Balaban J connectivity index is 2.04. The molecule has 1 aromatic carbocycles. The predicted molar refractivity (Wildman–Crippen MR) is 70.5 cm³/mol. The summed E-state index contributed by atoms with van der Waals surface area (Å²) in [6.07, 6.45) is 4.20. The first-order valence-electron chi connectivity index (χ1n) is 5.82. The molecule has 1 aliphatic heterocycles. The van der Waals surface area contributed by atoms with Gasteiger partial charge in [0.2, 0.25) is 0 Å². The molecule has 1 amide bonds. The van der Waals surface area contributed by atoms with Crippen LogP contribution in [0.3, 0.4) is 0 Å². The monoisotopic (exact) mass is 251 g/mol.